The molecule has 1 saturated heterocycles. The third kappa shape index (κ3) is 6.56. The van der Waals surface area contributed by atoms with Gasteiger partial charge in [-0.2, -0.15) is 0 Å². The smallest absolute Gasteiger partial charge is 0.223 e. The molecule has 1 aromatic carbocycles. The van der Waals surface area contributed by atoms with Crippen LogP contribution in [0.2, 0.25) is 0 Å². The summed E-state index contributed by atoms with van der Waals surface area (Å²) in [5.74, 6) is 1.35. The second kappa shape index (κ2) is 11.0. The molecular weight excluding hydrogens is 340 g/mol. The standard InChI is InChI=1S/C22H34N2O3/c1-4-18(5-2)22(26)23-19-12-14-24(15-13-19)21(25)11-8-16-27-20-10-7-6-9-17(20)3/h6-7,9-10,18-19H,4-5,8,11-16H2,1-3H3,(H,23,26). The van der Waals surface area contributed by atoms with Gasteiger partial charge in [-0.1, -0.05) is 32.0 Å². The average Bonchev–Trinajstić information content (AvgIpc) is 2.68. The predicted molar refractivity (Wildman–Crippen MR) is 108 cm³/mol. The molecule has 2 rings (SSSR count). The molecule has 1 aliphatic rings. The number of ether oxygens (including phenoxy) is 1. The van der Waals surface area contributed by atoms with Crippen LogP contribution in [-0.2, 0) is 9.59 Å². The molecule has 0 bridgehead atoms. The van der Waals surface area contributed by atoms with Crippen LogP contribution in [0.3, 0.4) is 0 Å². The lowest BCUT2D eigenvalue weighted by Crippen LogP contribution is -2.47. The molecule has 1 fully saturated rings. The number of carbonyl (C=O) groups excluding carboxylic acids is 2. The van der Waals surface area contributed by atoms with Crippen LogP contribution < -0.4 is 10.1 Å². The van der Waals surface area contributed by atoms with Gasteiger partial charge < -0.3 is 15.0 Å². The molecule has 5 heteroatoms. The van der Waals surface area contributed by atoms with E-state index in [1.165, 1.54) is 0 Å². The summed E-state index contributed by atoms with van der Waals surface area (Å²) < 4.78 is 5.76. The van der Waals surface area contributed by atoms with Crippen molar-refractivity contribution in [3.05, 3.63) is 29.8 Å². The van der Waals surface area contributed by atoms with E-state index in [0.29, 0.717) is 13.0 Å². The maximum absolute atomic E-state index is 12.4. The predicted octanol–water partition coefficient (Wildman–Crippen LogP) is 3.70. The van der Waals surface area contributed by atoms with Gasteiger partial charge in [0.2, 0.25) is 11.8 Å². The summed E-state index contributed by atoms with van der Waals surface area (Å²) in [6, 6.07) is 8.12. The number of hydrogen-bond donors (Lipinski definition) is 1. The highest BCUT2D eigenvalue weighted by Crippen LogP contribution is 2.17. The van der Waals surface area contributed by atoms with E-state index >= 15 is 0 Å². The van der Waals surface area contributed by atoms with Gasteiger partial charge in [-0.15, -0.1) is 0 Å². The zero-order chi connectivity index (χ0) is 19.6. The van der Waals surface area contributed by atoms with Crippen LogP contribution in [0.25, 0.3) is 0 Å². The van der Waals surface area contributed by atoms with E-state index in [1.54, 1.807) is 0 Å². The fourth-order valence-electron chi connectivity index (χ4n) is 3.53. The van der Waals surface area contributed by atoms with Crippen molar-refractivity contribution >= 4 is 11.8 Å². The number of amides is 2. The Morgan fingerprint density at radius 1 is 1.19 bits per heavy atom. The molecule has 1 N–H and O–H groups in total. The Kier molecular flexibility index (Phi) is 8.62. The highest BCUT2D eigenvalue weighted by molar-refractivity contribution is 5.79. The van der Waals surface area contributed by atoms with E-state index in [2.05, 4.69) is 19.2 Å². The van der Waals surface area contributed by atoms with Crippen LogP contribution in [0.15, 0.2) is 24.3 Å². The van der Waals surface area contributed by atoms with Crippen LogP contribution in [0, 0.1) is 12.8 Å². The Morgan fingerprint density at radius 3 is 2.48 bits per heavy atom. The molecule has 0 saturated carbocycles. The molecule has 0 aliphatic carbocycles. The fraction of sp³-hybridized carbons (Fsp3) is 0.636. The lowest BCUT2D eigenvalue weighted by Gasteiger charge is -2.33. The number of para-hydroxylation sites is 1. The quantitative estimate of drug-likeness (QED) is 0.671. The maximum atomic E-state index is 12.4. The van der Waals surface area contributed by atoms with E-state index in [-0.39, 0.29) is 23.8 Å². The molecule has 0 aromatic heterocycles. The van der Waals surface area contributed by atoms with Crippen molar-refractivity contribution in [1.29, 1.82) is 0 Å². The van der Waals surface area contributed by atoms with Crippen LogP contribution in [0.4, 0.5) is 0 Å². The monoisotopic (exact) mass is 374 g/mol. The Bertz CT molecular complexity index is 605. The zero-order valence-corrected chi connectivity index (χ0v) is 17.0. The van der Waals surface area contributed by atoms with Crippen molar-refractivity contribution in [3.63, 3.8) is 0 Å². The van der Waals surface area contributed by atoms with Crippen molar-refractivity contribution < 1.29 is 14.3 Å². The van der Waals surface area contributed by atoms with Crippen molar-refractivity contribution in [2.24, 2.45) is 5.92 Å². The third-order valence-corrected chi connectivity index (χ3v) is 5.44. The van der Waals surface area contributed by atoms with Crippen molar-refractivity contribution in [1.82, 2.24) is 10.2 Å². The number of piperidine rings is 1. The summed E-state index contributed by atoms with van der Waals surface area (Å²) >= 11 is 0. The van der Waals surface area contributed by atoms with Gasteiger partial charge in [0, 0.05) is 31.5 Å². The Hall–Kier alpha value is -2.04. The van der Waals surface area contributed by atoms with Crippen molar-refractivity contribution in [2.45, 2.75) is 65.3 Å². The molecule has 1 aliphatic heterocycles. The van der Waals surface area contributed by atoms with Crippen LogP contribution >= 0.6 is 0 Å². The van der Waals surface area contributed by atoms with Gasteiger partial charge >= 0.3 is 0 Å². The number of likely N-dealkylation sites (tertiary alicyclic amines) is 1. The van der Waals surface area contributed by atoms with E-state index < -0.39 is 0 Å². The minimum Gasteiger partial charge on any atom is -0.493 e. The molecule has 150 valence electrons. The summed E-state index contributed by atoms with van der Waals surface area (Å²) in [6.07, 6.45) is 4.68. The van der Waals surface area contributed by atoms with Gasteiger partial charge in [-0.05, 0) is 50.7 Å². The molecule has 5 nitrogen and oxygen atoms in total. The normalized spacial score (nSPS) is 15.0. The van der Waals surface area contributed by atoms with E-state index in [4.69, 9.17) is 4.74 Å². The molecule has 0 atom stereocenters. The molecular formula is C22H34N2O3. The largest absolute Gasteiger partial charge is 0.493 e. The second-order valence-corrected chi connectivity index (χ2v) is 7.39. The highest BCUT2D eigenvalue weighted by Gasteiger charge is 2.25. The van der Waals surface area contributed by atoms with Gasteiger partial charge in [-0.3, -0.25) is 9.59 Å². The number of hydrogen-bond acceptors (Lipinski definition) is 3. The third-order valence-electron chi connectivity index (χ3n) is 5.44. The number of benzene rings is 1. The van der Waals surface area contributed by atoms with Gasteiger partial charge in [-0.25, -0.2) is 0 Å². The number of nitrogens with zero attached hydrogens (tertiary/aromatic N) is 1. The summed E-state index contributed by atoms with van der Waals surface area (Å²) in [5, 5.41) is 3.16. The van der Waals surface area contributed by atoms with Crippen LogP contribution in [0.5, 0.6) is 5.75 Å². The first-order chi connectivity index (χ1) is 13.0. The minimum atomic E-state index is 0.109. The maximum Gasteiger partial charge on any atom is 0.223 e. The number of carbonyl (C=O) groups is 2. The van der Waals surface area contributed by atoms with Crippen LogP contribution in [0.1, 0.15) is 57.9 Å². The Morgan fingerprint density at radius 2 is 1.85 bits per heavy atom. The van der Waals surface area contributed by atoms with E-state index in [0.717, 1.165) is 56.5 Å². The first-order valence-electron chi connectivity index (χ1n) is 10.3. The average molecular weight is 375 g/mol. The van der Waals surface area contributed by atoms with E-state index in [9.17, 15) is 9.59 Å². The molecule has 0 radical (unpaired) electrons. The van der Waals surface area contributed by atoms with Gasteiger partial charge in [0.1, 0.15) is 5.75 Å². The lowest BCUT2D eigenvalue weighted by atomic mass is 9.99. The topological polar surface area (TPSA) is 58.6 Å². The molecule has 0 spiro atoms. The molecule has 0 unspecified atom stereocenters. The first kappa shape index (κ1) is 21.3. The number of rotatable bonds is 9. The van der Waals surface area contributed by atoms with Gasteiger partial charge in [0.15, 0.2) is 0 Å². The van der Waals surface area contributed by atoms with Gasteiger partial charge in [0.05, 0.1) is 6.61 Å². The first-order valence-corrected chi connectivity index (χ1v) is 10.3. The minimum absolute atomic E-state index is 0.109. The van der Waals surface area contributed by atoms with Crippen molar-refractivity contribution in [3.8, 4) is 5.75 Å². The summed E-state index contributed by atoms with van der Waals surface area (Å²) in [7, 11) is 0. The number of aryl methyl sites for hydroxylation is 1. The second-order valence-electron chi connectivity index (χ2n) is 7.39. The fourth-order valence-corrected chi connectivity index (χ4v) is 3.53. The molecule has 1 aromatic rings. The summed E-state index contributed by atoms with van der Waals surface area (Å²) in [4.78, 5) is 26.5. The summed E-state index contributed by atoms with van der Waals surface area (Å²) in [6.45, 7) is 8.14. The lowest BCUT2D eigenvalue weighted by molar-refractivity contribution is -0.132. The molecule has 27 heavy (non-hydrogen) atoms. The molecule has 1 heterocycles. The van der Waals surface area contributed by atoms with E-state index in [1.807, 2.05) is 36.1 Å². The highest BCUT2D eigenvalue weighted by atomic mass is 16.5. The number of nitrogens with one attached hydrogen (secondary N) is 1. The Labute approximate surface area is 163 Å². The Balaban J connectivity index is 1.64. The SMILES string of the molecule is CCC(CC)C(=O)NC1CCN(C(=O)CCCOc2ccccc2C)CC1. The summed E-state index contributed by atoms with van der Waals surface area (Å²) in [5.41, 5.74) is 1.11. The van der Waals surface area contributed by atoms with Crippen LogP contribution in [-0.4, -0.2) is 42.5 Å². The zero-order valence-electron chi connectivity index (χ0n) is 17.0. The molecule has 2 amide bonds. The van der Waals surface area contributed by atoms with Crippen molar-refractivity contribution in [2.75, 3.05) is 19.7 Å². The van der Waals surface area contributed by atoms with Gasteiger partial charge in [0.25, 0.3) is 0 Å².